The van der Waals surface area contributed by atoms with Crippen LogP contribution in [0.25, 0.3) is 0 Å². The van der Waals surface area contributed by atoms with Gasteiger partial charge in [-0.3, -0.25) is 14.5 Å². The third kappa shape index (κ3) is 3.12. The van der Waals surface area contributed by atoms with Crippen molar-refractivity contribution in [3.8, 4) is 0 Å². The van der Waals surface area contributed by atoms with E-state index in [4.69, 9.17) is 4.74 Å². The number of morpholine rings is 1. The van der Waals surface area contributed by atoms with E-state index < -0.39 is 5.97 Å². The predicted molar refractivity (Wildman–Crippen MR) is 92.9 cm³/mol. The van der Waals surface area contributed by atoms with Gasteiger partial charge in [0.05, 0.1) is 19.8 Å². The van der Waals surface area contributed by atoms with Gasteiger partial charge >= 0.3 is 5.97 Å². The van der Waals surface area contributed by atoms with Crippen LogP contribution in [0.5, 0.6) is 0 Å². The van der Waals surface area contributed by atoms with Crippen LogP contribution in [0.1, 0.15) is 28.2 Å². The molecule has 1 aromatic heterocycles. The van der Waals surface area contributed by atoms with Gasteiger partial charge < -0.3 is 9.84 Å². The highest BCUT2D eigenvalue weighted by molar-refractivity contribution is 5.87. The van der Waals surface area contributed by atoms with Crippen molar-refractivity contribution in [3.05, 3.63) is 29.6 Å². The molecule has 3 aliphatic rings. The molecular formula is C18H26N4O3. The Kier molecular flexibility index (Phi) is 4.62. The van der Waals surface area contributed by atoms with Gasteiger partial charge in [-0.05, 0) is 19.3 Å². The summed E-state index contributed by atoms with van der Waals surface area (Å²) in [4.78, 5) is 16.6. The lowest BCUT2D eigenvalue weighted by Gasteiger charge is -2.50. The molecule has 4 rings (SSSR count). The van der Waals surface area contributed by atoms with Crippen LogP contribution in [0.3, 0.4) is 0 Å². The number of fused-ring (bicyclic) bond motifs is 1. The molecule has 1 aliphatic carbocycles. The van der Waals surface area contributed by atoms with Gasteiger partial charge in [-0.1, -0.05) is 6.08 Å². The maximum absolute atomic E-state index is 11.6. The number of ether oxygens (including phenoxy) is 1. The zero-order chi connectivity index (χ0) is 17.4. The molecule has 2 aliphatic heterocycles. The summed E-state index contributed by atoms with van der Waals surface area (Å²) in [6.07, 6.45) is 4.54. The van der Waals surface area contributed by atoms with Crippen molar-refractivity contribution in [1.29, 1.82) is 0 Å². The number of allylic oxidation sites excluding steroid dienone is 1. The number of hydrogen-bond acceptors (Lipinski definition) is 5. The highest BCUT2D eigenvalue weighted by Crippen LogP contribution is 2.31. The van der Waals surface area contributed by atoms with Crippen LogP contribution >= 0.6 is 0 Å². The molecule has 1 aromatic rings. The normalized spacial score (nSPS) is 25.4. The zero-order valence-electron chi connectivity index (χ0n) is 14.6. The molecule has 2 saturated heterocycles. The average molecular weight is 346 g/mol. The van der Waals surface area contributed by atoms with E-state index in [0.717, 1.165) is 69.9 Å². The van der Waals surface area contributed by atoms with Crippen molar-refractivity contribution in [2.24, 2.45) is 0 Å². The first kappa shape index (κ1) is 16.8. The predicted octanol–water partition coefficient (Wildman–Crippen LogP) is 0.641. The second kappa shape index (κ2) is 6.90. The topological polar surface area (TPSA) is 70.8 Å². The van der Waals surface area contributed by atoms with Gasteiger partial charge in [0.15, 0.2) is 5.69 Å². The van der Waals surface area contributed by atoms with Gasteiger partial charge in [0.25, 0.3) is 0 Å². The van der Waals surface area contributed by atoms with E-state index in [2.05, 4.69) is 21.5 Å². The van der Waals surface area contributed by atoms with E-state index >= 15 is 0 Å². The number of carboxylic acids is 1. The van der Waals surface area contributed by atoms with Crippen LogP contribution in [0.4, 0.5) is 0 Å². The smallest absolute Gasteiger partial charge is 0.356 e. The van der Waals surface area contributed by atoms with E-state index in [0.29, 0.717) is 18.6 Å². The van der Waals surface area contributed by atoms with E-state index in [-0.39, 0.29) is 5.69 Å². The fourth-order valence-corrected chi connectivity index (χ4v) is 4.39. The monoisotopic (exact) mass is 346 g/mol. The van der Waals surface area contributed by atoms with Crippen molar-refractivity contribution in [3.63, 3.8) is 0 Å². The molecule has 0 spiro atoms. The van der Waals surface area contributed by atoms with Crippen LogP contribution in [0, 0.1) is 0 Å². The molecule has 0 amide bonds. The highest BCUT2D eigenvalue weighted by Gasteiger charge is 2.39. The number of rotatable bonds is 5. The van der Waals surface area contributed by atoms with Gasteiger partial charge in [0.2, 0.25) is 0 Å². The van der Waals surface area contributed by atoms with Gasteiger partial charge in [0, 0.05) is 49.5 Å². The van der Waals surface area contributed by atoms with Gasteiger partial charge in [-0.25, -0.2) is 4.79 Å². The van der Waals surface area contributed by atoms with Crippen LogP contribution in [-0.2, 0) is 24.1 Å². The molecular weight excluding hydrogens is 320 g/mol. The summed E-state index contributed by atoms with van der Waals surface area (Å²) in [5.41, 5.74) is 2.24. The first-order chi connectivity index (χ1) is 12.2. The Balaban J connectivity index is 1.43. The third-order valence-electron chi connectivity index (χ3n) is 5.79. The van der Waals surface area contributed by atoms with E-state index in [1.807, 2.05) is 4.68 Å². The van der Waals surface area contributed by atoms with Gasteiger partial charge in [0.1, 0.15) is 0 Å². The molecule has 0 aromatic carbocycles. The standard InChI is InChI=1S/C18H26N4O3/c1-2-5-22-16-4-3-13(10-15(16)17(19-22)18(23)24)21-11-14(12-21)20-6-8-25-9-7-20/h2,13-14H,1,3-12H2,(H,23,24)/t13-/m1/s1. The second-order valence-corrected chi connectivity index (χ2v) is 7.20. The maximum atomic E-state index is 11.6. The fourth-order valence-electron chi connectivity index (χ4n) is 4.39. The number of likely N-dealkylation sites (tertiary alicyclic amines) is 1. The number of nitrogens with zero attached hydrogens (tertiary/aromatic N) is 4. The molecule has 3 heterocycles. The lowest BCUT2D eigenvalue weighted by Crippen LogP contribution is -2.64. The molecule has 7 heteroatoms. The summed E-state index contributed by atoms with van der Waals surface area (Å²) in [5.74, 6) is -0.922. The third-order valence-corrected chi connectivity index (χ3v) is 5.79. The van der Waals surface area contributed by atoms with Crippen LogP contribution in [0.2, 0.25) is 0 Å². The Morgan fingerprint density at radius 1 is 1.28 bits per heavy atom. The Morgan fingerprint density at radius 3 is 2.72 bits per heavy atom. The quantitative estimate of drug-likeness (QED) is 0.789. The summed E-state index contributed by atoms with van der Waals surface area (Å²) in [7, 11) is 0. The van der Waals surface area contributed by atoms with Crippen molar-refractivity contribution < 1.29 is 14.6 Å². The maximum Gasteiger partial charge on any atom is 0.356 e. The van der Waals surface area contributed by atoms with Crippen molar-refractivity contribution in [2.75, 3.05) is 39.4 Å². The van der Waals surface area contributed by atoms with Crippen LogP contribution in [0.15, 0.2) is 12.7 Å². The molecule has 136 valence electrons. The largest absolute Gasteiger partial charge is 0.476 e. The molecule has 0 radical (unpaired) electrons. The van der Waals surface area contributed by atoms with Crippen LogP contribution < -0.4 is 0 Å². The number of aromatic nitrogens is 2. The molecule has 0 unspecified atom stereocenters. The van der Waals surface area contributed by atoms with E-state index in [1.54, 1.807) is 6.08 Å². The zero-order valence-corrected chi connectivity index (χ0v) is 14.6. The Labute approximate surface area is 147 Å². The minimum absolute atomic E-state index is 0.229. The molecule has 2 fully saturated rings. The minimum atomic E-state index is -0.922. The first-order valence-corrected chi connectivity index (χ1v) is 9.16. The molecule has 7 nitrogen and oxygen atoms in total. The molecule has 1 N–H and O–H groups in total. The molecule has 0 bridgehead atoms. The van der Waals surface area contributed by atoms with E-state index in [1.165, 1.54) is 0 Å². The van der Waals surface area contributed by atoms with Crippen molar-refractivity contribution >= 4 is 5.97 Å². The number of carbonyl (C=O) groups is 1. The minimum Gasteiger partial charge on any atom is -0.476 e. The van der Waals surface area contributed by atoms with Gasteiger partial charge in [-0.15, -0.1) is 6.58 Å². The number of carboxylic acid groups (broad SMARTS) is 1. The molecule has 1 atom stereocenters. The van der Waals surface area contributed by atoms with E-state index in [9.17, 15) is 9.90 Å². The summed E-state index contributed by atoms with van der Waals surface area (Å²) in [6.45, 7) is 10.2. The van der Waals surface area contributed by atoms with Gasteiger partial charge in [-0.2, -0.15) is 5.10 Å². The van der Waals surface area contributed by atoms with Crippen molar-refractivity contribution in [1.82, 2.24) is 19.6 Å². The summed E-state index contributed by atoms with van der Waals surface area (Å²) >= 11 is 0. The summed E-state index contributed by atoms with van der Waals surface area (Å²) < 4.78 is 7.25. The number of hydrogen-bond donors (Lipinski definition) is 1. The lowest BCUT2D eigenvalue weighted by molar-refractivity contribution is -0.0469. The summed E-state index contributed by atoms with van der Waals surface area (Å²) in [6, 6.07) is 1.07. The highest BCUT2D eigenvalue weighted by atomic mass is 16.5. The lowest BCUT2D eigenvalue weighted by atomic mass is 9.88. The molecule has 0 saturated carbocycles. The Bertz CT molecular complexity index is 660. The fraction of sp³-hybridized carbons (Fsp3) is 0.667. The Hall–Kier alpha value is -1.70. The SMILES string of the molecule is C=CCn1nc(C(=O)O)c2c1CC[C@@H](N1CC(N3CCOCC3)C1)C2. The average Bonchev–Trinajstić information content (AvgIpc) is 2.93. The number of aromatic carboxylic acids is 1. The first-order valence-electron chi connectivity index (χ1n) is 9.16. The second-order valence-electron chi connectivity index (χ2n) is 7.20. The Morgan fingerprint density at radius 2 is 2.04 bits per heavy atom. The summed E-state index contributed by atoms with van der Waals surface area (Å²) in [5, 5.41) is 13.8. The molecule has 25 heavy (non-hydrogen) atoms. The van der Waals surface area contributed by atoms with Crippen molar-refractivity contribution in [2.45, 2.75) is 37.9 Å². The van der Waals surface area contributed by atoms with Crippen LogP contribution in [-0.4, -0.2) is 82.1 Å².